The molecule has 2 atom stereocenters. The third-order valence-electron chi connectivity index (χ3n) is 15.5. The van der Waals surface area contributed by atoms with Crippen molar-refractivity contribution in [1.29, 1.82) is 0 Å². The number of aliphatic hydroxyl groups excluding tert-OH is 2. The molecule has 85 heavy (non-hydrogen) atoms. The topological polar surface area (TPSA) is 226 Å². The van der Waals surface area contributed by atoms with Gasteiger partial charge < -0.3 is 38.3 Å². The molecule has 0 aromatic heterocycles. The van der Waals surface area contributed by atoms with Crippen molar-refractivity contribution in [2.75, 3.05) is 75.7 Å². The van der Waals surface area contributed by atoms with E-state index in [-0.39, 0.29) is 24.3 Å². The SMILES string of the molecule is CC(C)(c1ccc(OCC(O)COC(=O)c2cccc(S(=O)(=O)[O-])c2)cc1)c1ccc(OCC(O)COC(=O)c2cccc(S(=O)(=O)[O-])c2)cc1.CCCC[P+](CCCC)(CCCC)CCCC.CCCC[P+](CCCC)(CCCC)CCCC. The van der Waals surface area contributed by atoms with Crippen LogP contribution in [0.15, 0.2) is 107 Å². The van der Waals surface area contributed by atoms with Crippen LogP contribution in [-0.4, -0.2) is 136 Å². The van der Waals surface area contributed by atoms with E-state index < -0.39 is 87.3 Å². The largest absolute Gasteiger partial charge is 0.744 e. The van der Waals surface area contributed by atoms with E-state index in [1.807, 2.05) is 38.1 Å². The summed E-state index contributed by atoms with van der Waals surface area (Å²) in [7, 11) is -10.6. The number of carbonyl (C=O) groups is 2. The first-order chi connectivity index (χ1) is 40.4. The lowest BCUT2D eigenvalue weighted by Gasteiger charge is -2.28. The second kappa shape index (κ2) is 41.3. The Morgan fingerprint density at radius 1 is 0.435 bits per heavy atom. The molecule has 0 heterocycles. The van der Waals surface area contributed by atoms with Crippen molar-refractivity contribution >= 4 is 46.7 Å². The van der Waals surface area contributed by atoms with Crippen molar-refractivity contribution in [1.82, 2.24) is 0 Å². The second-order valence-electron chi connectivity index (χ2n) is 23.1. The summed E-state index contributed by atoms with van der Waals surface area (Å²) in [5.41, 5.74) is 1.12. The Kier molecular flexibility index (Phi) is 37.5. The maximum Gasteiger partial charge on any atom is 0.338 e. The number of rotatable bonds is 40. The number of benzene rings is 4. The van der Waals surface area contributed by atoms with Gasteiger partial charge in [-0.25, -0.2) is 26.4 Å². The average Bonchev–Trinajstić information content (AvgIpc) is 3.70. The van der Waals surface area contributed by atoms with Crippen molar-refractivity contribution in [2.45, 2.75) is 199 Å². The Bertz CT molecular complexity index is 2440. The van der Waals surface area contributed by atoms with Gasteiger partial charge in [0.1, 0.15) is 70.4 Å². The quantitative estimate of drug-likeness (QED) is 0.0240. The Hall–Kier alpha value is -3.98. The minimum atomic E-state index is -4.75. The van der Waals surface area contributed by atoms with E-state index in [0.29, 0.717) is 11.5 Å². The van der Waals surface area contributed by atoms with Crippen LogP contribution in [0.2, 0.25) is 0 Å². The highest BCUT2D eigenvalue weighted by Crippen LogP contribution is 2.62. The number of hydrogen-bond donors (Lipinski definition) is 2. The van der Waals surface area contributed by atoms with E-state index in [0.717, 1.165) is 35.4 Å². The third kappa shape index (κ3) is 29.7. The van der Waals surface area contributed by atoms with Gasteiger partial charge >= 0.3 is 11.9 Å². The standard InChI is InChI=1S/C35H36O14S2.2C16H36P/c1-35(2,25-9-13-29(14-10-25)46-19-27(36)21-48-33(38)23-5-3-7-31(17-23)50(40,41)42)26-11-15-30(16-12-26)47-20-28(37)22-49-34(39)24-6-4-8-32(18-24)51(43,44)45;2*1-5-9-13-17(14-10-6-2,15-11-7-3)16-12-8-4/h3-18,27-28,36-37H,19-22H2,1-2H3,(H,40,41,42)(H,43,44,45);2*5-16H2,1-4H3/q;2*+1/p-2. The van der Waals surface area contributed by atoms with Gasteiger partial charge in [0.15, 0.2) is 0 Å². The lowest BCUT2D eigenvalue weighted by atomic mass is 9.78. The molecule has 2 N–H and O–H groups in total. The zero-order valence-electron chi connectivity index (χ0n) is 53.2. The molecule has 14 nitrogen and oxygen atoms in total. The van der Waals surface area contributed by atoms with Crippen LogP contribution in [0.1, 0.15) is 204 Å². The first kappa shape index (κ1) is 77.1. The highest BCUT2D eigenvalue weighted by Gasteiger charge is 2.35. The predicted octanol–water partition coefficient (Wildman–Crippen LogP) is 15.4. The van der Waals surface area contributed by atoms with E-state index in [2.05, 4.69) is 55.4 Å². The van der Waals surface area contributed by atoms with Gasteiger partial charge in [-0.1, -0.05) is 157 Å². The number of ether oxygens (including phenoxy) is 4. The number of hydrogen-bond acceptors (Lipinski definition) is 14. The predicted molar refractivity (Wildman–Crippen MR) is 349 cm³/mol. The Labute approximate surface area is 514 Å². The Morgan fingerprint density at radius 2 is 0.694 bits per heavy atom. The van der Waals surface area contributed by atoms with E-state index in [4.69, 9.17) is 18.9 Å². The Morgan fingerprint density at radius 3 is 0.929 bits per heavy atom. The summed E-state index contributed by atoms with van der Waals surface area (Å²) < 4.78 is 88.3. The smallest absolute Gasteiger partial charge is 0.338 e. The lowest BCUT2D eigenvalue weighted by molar-refractivity contribution is 0.0127. The molecule has 0 saturated carbocycles. The van der Waals surface area contributed by atoms with Gasteiger partial charge in [-0.2, -0.15) is 0 Å². The fourth-order valence-electron chi connectivity index (χ4n) is 9.94. The molecule has 4 rings (SSSR count). The summed E-state index contributed by atoms with van der Waals surface area (Å²) in [6, 6.07) is 23.3. The van der Waals surface area contributed by atoms with Crippen LogP contribution in [0.25, 0.3) is 0 Å². The van der Waals surface area contributed by atoms with E-state index >= 15 is 0 Å². The molecular formula is C67H106O14P2S2. The minimum Gasteiger partial charge on any atom is -0.744 e. The van der Waals surface area contributed by atoms with E-state index in [1.165, 1.54) is 127 Å². The molecule has 0 bridgehead atoms. The van der Waals surface area contributed by atoms with E-state index in [9.17, 15) is 45.7 Å². The van der Waals surface area contributed by atoms with Gasteiger partial charge in [-0.3, -0.25) is 0 Å². The number of esters is 2. The van der Waals surface area contributed by atoms with Crippen LogP contribution in [0.4, 0.5) is 0 Å². The van der Waals surface area contributed by atoms with Gasteiger partial charge in [-0.05, 0) is 123 Å². The first-order valence-electron chi connectivity index (χ1n) is 31.4. The van der Waals surface area contributed by atoms with Crippen molar-refractivity contribution in [3.05, 3.63) is 119 Å². The Balaban J connectivity index is 0.000000590. The molecular weight excluding hydrogens is 1150 g/mol. The summed E-state index contributed by atoms with van der Waals surface area (Å²) in [6.45, 7) is 21.6. The molecule has 0 spiro atoms. The highest BCUT2D eigenvalue weighted by atomic mass is 32.2. The van der Waals surface area contributed by atoms with Crippen LogP contribution in [0.3, 0.4) is 0 Å². The normalized spacial score (nSPS) is 12.7. The summed E-state index contributed by atoms with van der Waals surface area (Å²) in [5.74, 6) is -0.923. The van der Waals surface area contributed by atoms with Crippen molar-refractivity contribution in [3.8, 4) is 11.5 Å². The van der Waals surface area contributed by atoms with E-state index in [1.54, 1.807) is 73.6 Å². The molecule has 0 amide bonds. The summed E-state index contributed by atoms with van der Waals surface area (Å²) in [5, 5.41) is 20.4. The molecule has 18 heteroatoms. The molecule has 0 fully saturated rings. The van der Waals surface area contributed by atoms with Crippen molar-refractivity contribution < 1.29 is 64.7 Å². The maximum atomic E-state index is 12.2. The van der Waals surface area contributed by atoms with Crippen LogP contribution in [-0.2, 0) is 35.1 Å². The number of unbranched alkanes of at least 4 members (excludes halogenated alkanes) is 8. The lowest BCUT2D eigenvalue weighted by Crippen LogP contribution is -2.25. The fourth-order valence-corrected chi connectivity index (χ4v) is 21.6. The average molecular weight is 1260 g/mol. The molecule has 0 aliphatic carbocycles. The molecule has 480 valence electrons. The molecule has 4 aromatic rings. The molecule has 2 unspecified atom stereocenters. The van der Waals surface area contributed by atoms with Crippen molar-refractivity contribution in [2.24, 2.45) is 0 Å². The summed E-state index contributed by atoms with van der Waals surface area (Å²) in [6.07, 6.45) is 33.5. The second-order valence-corrected chi connectivity index (χ2v) is 34.8. The van der Waals surface area contributed by atoms with Gasteiger partial charge in [0.25, 0.3) is 0 Å². The molecule has 4 aromatic carbocycles. The zero-order valence-corrected chi connectivity index (χ0v) is 56.6. The van der Waals surface area contributed by atoms with Gasteiger partial charge in [0.2, 0.25) is 0 Å². The monoisotopic (exact) mass is 1260 g/mol. The minimum absolute atomic E-state index is 0.152. The van der Waals surface area contributed by atoms with Gasteiger partial charge in [0.05, 0.1) is 70.2 Å². The molecule has 0 aliphatic rings. The van der Waals surface area contributed by atoms with Gasteiger partial charge in [-0.15, -0.1) is 0 Å². The first-order valence-corrected chi connectivity index (χ1v) is 39.3. The zero-order chi connectivity index (χ0) is 63.4. The van der Waals surface area contributed by atoms with Crippen molar-refractivity contribution in [3.63, 3.8) is 0 Å². The molecule has 0 radical (unpaired) electrons. The summed E-state index contributed by atoms with van der Waals surface area (Å²) >= 11 is 0. The fraction of sp³-hybridized carbons (Fsp3) is 0.612. The number of aliphatic hydroxyl groups is 2. The maximum absolute atomic E-state index is 12.2. The number of carbonyl (C=O) groups excluding carboxylic acids is 2. The summed E-state index contributed by atoms with van der Waals surface area (Å²) in [4.78, 5) is 23.3. The molecule has 0 saturated heterocycles. The third-order valence-corrected chi connectivity index (χ3v) is 27.2. The van der Waals surface area contributed by atoms with Crippen LogP contribution in [0.5, 0.6) is 11.5 Å². The van der Waals surface area contributed by atoms with Crippen LogP contribution >= 0.6 is 14.5 Å². The highest BCUT2D eigenvalue weighted by molar-refractivity contribution is 7.86. The van der Waals surface area contributed by atoms with Gasteiger partial charge in [0, 0.05) is 19.9 Å². The molecule has 0 aliphatic heterocycles. The van der Waals surface area contributed by atoms with Crippen LogP contribution in [0, 0.1) is 0 Å². The van der Waals surface area contributed by atoms with Crippen LogP contribution < -0.4 is 9.47 Å².